The second-order valence-electron chi connectivity index (χ2n) is 15.3. The predicted molar refractivity (Wildman–Crippen MR) is 192 cm³/mol. The Morgan fingerprint density at radius 3 is 2.57 bits per heavy atom. The molecule has 1 spiro atoms. The molecule has 5 aliphatic heterocycles. The molecule has 5 aliphatic rings. The molecule has 0 saturated carbocycles. The molecule has 15 heteroatoms. The van der Waals surface area contributed by atoms with Crippen LogP contribution in [0.1, 0.15) is 53.1 Å². The number of carbonyl (C=O) groups is 3. The topological polar surface area (TPSA) is 107 Å². The summed E-state index contributed by atoms with van der Waals surface area (Å²) in [6.07, 6.45) is 5.33. The standard InChI is InChI=1S/C38H39F3N8O3S/c1-23-8-11-45(21-38(23,40)41)16-31(50)48-19-37(20-48)17-47(18-37)26-6-4-24(5-7-26)25-13-27-28(29(39)14-25)15-49(35(27)52)33(34(51)44-36-42-9-12-53-36)32-30-3-2-10-46(30)22-43-32/h4-7,9,12-14,22-23,33H,2-3,8,10-11,15-21H2,1H3,(H,42,44,51). The molecule has 276 valence electrons. The fourth-order valence-corrected chi connectivity index (χ4v) is 9.19. The summed E-state index contributed by atoms with van der Waals surface area (Å²) in [6.45, 7) is 5.29. The van der Waals surface area contributed by atoms with Crippen LogP contribution < -0.4 is 10.2 Å². The molecule has 2 atom stereocenters. The number of anilines is 2. The van der Waals surface area contributed by atoms with Gasteiger partial charge in [0.2, 0.25) is 5.91 Å². The summed E-state index contributed by atoms with van der Waals surface area (Å²) < 4.78 is 46.1. The van der Waals surface area contributed by atoms with Gasteiger partial charge >= 0.3 is 0 Å². The smallest absolute Gasteiger partial charge is 0.263 e. The maximum absolute atomic E-state index is 15.8. The van der Waals surface area contributed by atoms with Gasteiger partial charge in [-0.3, -0.25) is 24.6 Å². The number of benzene rings is 2. The van der Waals surface area contributed by atoms with Crippen molar-refractivity contribution < 1.29 is 27.6 Å². The highest BCUT2D eigenvalue weighted by molar-refractivity contribution is 7.13. The first-order chi connectivity index (χ1) is 25.5. The zero-order chi connectivity index (χ0) is 36.6. The normalized spacial score (nSPS) is 22.0. The third kappa shape index (κ3) is 5.97. The molecule has 3 amide bonds. The molecular formula is C38H39F3N8O3S. The first kappa shape index (κ1) is 34.0. The summed E-state index contributed by atoms with van der Waals surface area (Å²) >= 11 is 1.27. The molecule has 0 bridgehead atoms. The van der Waals surface area contributed by atoms with Crippen LogP contribution in [0.25, 0.3) is 11.1 Å². The van der Waals surface area contributed by atoms with Crippen LogP contribution in [-0.2, 0) is 29.1 Å². The molecule has 11 nitrogen and oxygen atoms in total. The number of hydrogen-bond donors (Lipinski definition) is 1. The van der Waals surface area contributed by atoms with Crippen molar-refractivity contribution in [2.75, 3.05) is 56.0 Å². The number of hydrogen-bond acceptors (Lipinski definition) is 8. The second-order valence-corrected chi connectivity index (χ2v) is 16.2. The van der Waals surface area contributed by atoms with Gasteiger partial charge in [-0.2, -0.15) is 0 Å². The quantitative estimate of drug-likeness (QED) is 0.269. The number of nitrogens with zero attached hydrogens (tertiary/aromatic N) is 7. The molecular weight excluding hydrogens is 706 g/mol. The highest BCUT2D eigenvalue weighted by Crippen LogP contribution is 2.43. The summed E-state index contributed by atoms with van der Waals surface area (Å²) in [5.74, 6) is -4.91. The zero-order valence-corrected chi connectivity index (χ0v) is 30.1. The monoisotopic (exact) mass is 744 g/mol. The summed E-state index contributed by atoms with van der Waals surface area (Å²) in [6, 6.07) is 9.84. The highest BCUT2D eigenvalue weighted by atomic mass is 32.1. The Morgan fingerprint density at radius 1 is 1.04 bits per heavy atom. The summed E-state index contributed by atoms with van der Waals surface area (Å²) in [5.41, 5.74) is 4.20. The molecule has 0 radical (unpaired) electrons. The highest BCUT2D eigenvalue weighted by Gasteiger charge is 2.53. The van der Waals surface area contributed by atoms with E-state index in [9.17, 15) is 23.2 Å². The first-order valence-corrected chi connectivity index (χ1v) is 19.0. The molecule has 2 aromatic carbocycles. The van der Waals surface area contributed by atoms with E-state index in [2.05, 4.69) is 20.2 Å². The Labute approximate surface area is 308 Å². The minimum atomic E-state index is -2.77. The van der Waals surface area contributed by atoms with E-state index in [0.29, 0.717) is 42.4 Å². The van der Waals surface area contributed by atoms with Gasteiger partial charge in [0.05, 0.1) is 31.7 Å². The van der Waals surface area contributed by atoms with Gasteiger partial charge in [0.15, 0.2) is 11.2 Å². The van der Waals surface area contributed by atoms with E-state index in [1.54, 1.807) is 40.7 Å². The Balaban J connectivity index is 0.857. The van der Waals surface area contributed by atoms with Gasteiger partial charge in [0.25, 0.3) is 17.7 Å². The number of amides is 3. The number of carbonyl (C=O) groups excluding carboxylic acids is 3. The maximum atomic E-state index is 15.8. The second kappa shape index (κ2) is 12.7. The van der Waals surface area contributed by atoms with Crippen LogP contribution in [0.4, 0.5) is 24.0 Å². The number of halogens is 3. The lowest BCUT2D eigenvalue weighted by Crippen LogP contribution is -2.73. The van der Waals surface area contributed by atoms with Crippen LogP contribution in [0.2, 0.25) is 0 Å². The molecule has 4 aromatic rings. The van der Waals surface area contributed by atoms with E-state index < -0.39 is 35.5 Å². The summed E-state index contributed by atoms with van der Waals surface area (Å²) in [4.78, 5) is 56.4. The van der Waals surface area contributed by atoms with Crippen molar-refractivity contribution in [3.8, 4) is 11.1 Å². The van der Waals surface area contributed by atoms with Gasteiger partial charge in [-0.05, 0) is 61.2 Å². The van der Waals surface area contributed by atoms with E-state index in [0.717, 1.165) is 49.4 Å². The fraction of sp³-hybridized carbons (Fsp3) is 0.447. The Hall–Kier alpha value is -4.76. The molecule has 0 aliphatic carbocycles. The number of thiazole rings is 1. The molecule has 3 fully saturated rings. The lowest BCUT2D eigenvalue weighted by Gasteiger charge is -2.61. The van der Waals surface area contributed by atoms with Crippen molar-refractivity contribution in [1.29, 1.82) is 0 Å². The van der Waals surface area contributed by atoms with Gasteiger partial charge in [-0.15, -0.1) is 11.3 Å². The zero-order valence-electron chi connectivity index (χ0n) is 29.2. The molecule has 7 heterocycles. The lowest BCUT2D eigenvalue weighted by atomic mass is 9.72. The van der Waals surface area contributed by atoms with Gasteiger partial charge in [0, 0.05) is 78.1 Å². The fourth-order valence-electron chi connectivity index (χ4n) is 8.66. The molecule has 1 N–H and O–H groups in total. The number of aryl methyl sites for hydroxylation is 1. The van der Waals surface area contributed by atoms with Crippen LogP contribution in [0.5, 0.6) is 0 Å². The number of aromatic nitrogens is 3. The number of imidazole rings is 1. The maximum Gasteiger partial charge on any atom is 0.263 e. The molecule has 3 saturated heterocycles. The number of nitrogens with one attached hydrogen (secondary N) is 1. The van der Waals surface area contributed by atoms with Crippen LogP contribution in [0.15, 0.2) is 54.3 Å². The number of fused-ring (bicyclic) bond motifs is 2. The summed E-state index contributed by atoms with van der Waals surface area (Å²) in [7, 11) is 0. The van der Waals surface area contributed by atoms with Crippen molar-refractivity contribution in [2.45, 2.75) is 51.2 Å². The number of likely N-dealkylation sites (tertiary alicyclic amines) is 2. The largest absolute Gasteiger partial charge is 0.370 e. The van der Waals surface area contributed by atoms with E-state index in [1.165, 1.54) is 22.3 Å². The molecule has 9 rings (SSSR count). The van der Waals surface area contributed by atoms with E-state index in [-0.39, 0.29) is 42.1 Å². The van der Waals surface area contributed by atoms with Crippen molar-refractivity contribution in [3.63, 3.8) is 0 Å². The van der Waals surface area contributed by atoms with Crippen molar-refractivity contribution in [3.05, 3.63) is 82.6 Å². The van der Waals surface area contributed by atoms with E-state index in [4.69, 9.17) is 0 Å². The third-order valence-electron chi connectivity index (χ3n) is 11.7. The first-order valence-electron chi connectivity index (χ1n) is 18.1. The minimum Gasteiger partial charge on any atom is -0.370 e. The average Bonchev–Trinajstić information content (AvgIpc) is 3.90. The number of alkyl halides is 2. The molecule has 2 aromatic heterocycles. The van der Waals surface area contributed by atoms with Gasteiger partial charge < -0.3 is 19.3 Å². The lowest BCUT2D eigenvalue weighted by molar-refractivity contribution is -0.151. The number of piperidine rings is 1. The van der Waals surface area contributed by atoms with Crippen LogP contribution in [0, 0.1) is 17.2 Å². The van der Waals surface area contributed by atoms with Gasteiger partial charge in [-0.25, -0.2) is 23.1 Å². The third-order valence-corrected chi connectivity index (χ3v) is 12.4. The molecule has 53 heavy (non-hydrogen) atoms. The van der Waals surface area contributed by atoms with Gasteiger partial charge in [0.1, 0.15) is 5.82 Å². The van der Waals surface area contributed by atoms with E-state index in [1.807, 2.05) is 28.8 Å². The summed E-state index contributed by atoms with van der Waals surface area (Å²) in [5, 5.41) is 4.98. The van der Waals surface area contributed by atoms with Crippen LogP contribution in [-0.4, -0.2) is 98.7 Å². The SMILES string of the molecule is CC1CCN(CC(=O)N2CC3(C2)CN(c2ccc(-c4cc(F)c5c(c4)C(=O)N(C(C(=O)Nc4nccs4)c4ncn6c4CCC6)C5)cc2)C3)CC1(F)F. The van der Waals surface area contributed by atoms with Crippen molar-refractivity contribution in [2.24, 2.45) is 11.3 Å². The minimum absolute atomic E-state index is 0.00965. The van der Waals surface area contributed by atoms with Crippen molar-refractivity contribution in [1.82, 2.24) is 29.2 Å². The van der Waals surface area contributed by atoms with Crippen LogP contribution in [0.3, 0.4) is 0 Å². The predicted octanol–water partition coefficient (Wildman–Crippen LogP) is 5.05. The Kier molecular flexibility index (Phi) is 8.14. The van der Waals surface area contributed by atoms with Crippen molar-refractivity contribution >= 4 is 39.9 Å². The number of rotatable bonds is 8. The average molecular weight is 745 g/mol. The van der Waals surface area contributed by atoms with Crippen LogP contribution >= 0.6 is 11.3 Å². The molecule has 2 unspecified atom stereocenters. The van der Waals surface area contributed by atoms with E-state index >= 15 is 4.39 Å². The Morgan fingerprint density at radius 2 is 1.83 bits per heavy atom. The van der Waals surface area contributed by atoms with Gasteiger partial charge in [-0.1, -0.05) is 19.1 Å². The Bertz CT molecular complexity index is 2090.